The standard InChI is InChI=1S/C12H13ClN4O2/c1-18-10-4-9(11(19-2)3-8(10)13)17-12-15-5-7(14)6-16-12/h3-6H,14H2,1-2H3,(H,15,16,17). The lowest BCUT2D eigenvalue weighted by Gasteiger charge is -2.12. The molecule has 3 N–H and O–H groups in total. The Bertz CT molecular complexity index is 575. The number of anilines is 3. The molecule has 0 saturated heterocycles. The molecule has 0 atom stereocenters. The molecule has 0 radical (unpaired) electrons. The predicted molar refractivity (Wildman–Crippen MR) is 74.3 cm³/mol. The van der Waals surface area contributed by atoms with E-state index in [1.54, 1.807) is 19.2 Å². The third-order valence-electron chi connectivity index (χ3n) is 2.39. The highest BCUT2D eigenvalue weighted by molar-refractivity contribution is 6.32. The minimum Gasteiger partial charge on any atom is -0.495 e. The Morgan fingerprint density at radius 3 is 2.32 bits per heavy atom. The molecule has 2 rings (SSSR count). The van der Waals surface area contributed by atoms with E-state index in [1.165, 1.54) is 19.5 Å². The molecule has 0 bridgehead atoms. The average Bonchev–Trinajstić information content (AvgIpc) is 2.42. The number of aromatic nitrogens is 2. The minimum absolute atomic E-state index is 0.400. The Hall–Kier alpha value is -2.21. The van der Waals surface area contributed by atoms with Crippen LogP contribution in [0.4, 0.5) is 17.3 Å². The first-order valence-electron chi connectivity index (χ1n) is 5.40. The van der Waals surface area contributed by atoms with Crippen LogP contribution >= 0.6 is 11.6 Å². The summed E-state index contributed by atoms with van der Waals surface area (Å²) >= 11 is 6.02. The van der Waals surface area contributed by atoms with E-state index < -0.39 is 0 Å². The lowest BCUT2D eigenvalue weighted by atomic mass is 10.2. The van der Waals surface area contributed by atoms with Gasteiger partial charge in [-0.25, -0.2) is 9.97 Å². The molecule has 1 aromatic carbocycles. The summed E-state index contributed by atoms with van der Waals surface area (Å²) in [6.07, 6.45) is 3.02. The van der Waals surface area contributed by atoms with Crippen LogP contribution in [0.1, 0.15) is 0 Å². The molecule has 1 heterocycles. The van der Waals surface area contributed by atoms with Gasteiger partial charge in [-0.3, -0.25) is 0 Å². The fourth-order valence-corrected chi connectivity index (χ4v) is 1.71. The van der Waals surface area contributed by atoms with E-state index in [1.807, 2.05) is 0 Å². The van der Waals surface area contributed by atoms with Crippen LogP contribution in [0.3, 0.4) is 0 Å². The van der Waals surface area contributed by atoms with E-state index in [4.69, 9.17) is 26.8 Å². The second kappa shape index (κ2) is 5.62. The summed E-state index contributed by atoms with van der Waals surface area (Å²) in [6.45, 7) is 0. The number of nitrogens with zero attached hydrogens (tertiary/aromatic N) is 2. The van der Waals surface area contributed by atoms with Crippen LogP contribution in [0, 0.1) is 0 Å². The van der Waals surface area contributed by atoms with Gasteiger partial charge in [0.1, 0.15) is 11.5 Å². The highest BCUT2D eigenvalue weighted by Gasteiger charge is 2.10. The highest BCUT2D eigenvalue weighted by Crippen LogP contribution is 2.36. The third kappa shape index (κ3) is 2.97. The summed E-state index contributed by atoms with van der Waals surface area (Å²) in [5.41, 5.74) is 6.67. The van der Waals surface area contributed by atoms with Gasteiger partial charge in [-0.05, 0) is 0 Å². The zero-order valence-corrected chi connectivity index (χ0v) is 11.2. The Kier molecular flexibility index (Phi) is 3.91. The fraction of sp³-hybridized carbons (Fsp3) is 0.167. The predicted octanol–water partition coefficient (Wildman–Crippen LogP) is 2.47. The lowest BCUT2D eigenvalue weighted by molar-refractivity contribution is 0.405. The topological polar surface area (TPSA) is 82.3 Å². The van der Waals surface area contributed by atoms with Crippen LogP contribution in [0.2, 0.25) is 5.02 Å². The molecule has 6 nitrogen and oxygen atoms in total. The first kappa shape index (κ1) is 13.2. The molecule has 0 fully saturated rings. The molecular formula is C12H13ClN4O2. The van der Waals surface area contributed by atoms with E-state index in [9.17, 15) is 0 Å². The Morgan fingerprint density at radius 1 is 1.11 bits per heavy atom. The van der Waals surface area contributed by atoms with Crippen molar-refractivity contribution in [1.29, 1.82) is 0 Å². The van der Waals surface area contributed by atoms with Crippen molar-refractivity contribution in [2.45, 2.75) is 0 Å². The zero-order valence-electron chi connectivity index (χ0n) is 10.5. The van der Waals surface area contributed by atoms with Gasteiger partial charge in [0.05, 0.1) is 43.0 Å². The molecule has 2 aromatic rings. The monoisotopic (exact) mass is 280 g/mol. The number of halogens is 1. The molecule has 0 amide bonds. The molecule has 0 saturated carbocycles. The number of methoxy groups -OCH3 is 2. The van der Waals surface area contributed by atoms with Gasteiger partial charge in [-0.2, -0.15) is 0 Å². The quantitative estimate of drug-likeness (QED) is 0.895. The average molecular weight is 281 g/mol. The maximum absolute atomic E-state index is 6.02. The first-order chi connectivity index (χ1) is 9.13. The van der Waals surface area contributed by atoms with Crippen LogP contribution in [-0.4, -0.2) is 24.2 Å². The number of rotatable bonds is 4. The molecule has 1 aromatic heterocycles. The highest BCUT2D eigenvalue weighted by atomic mass is 35.5. The van der Waals surface area contributed by atoms with Crippen LogP contribution < -0.4 is 20.5 Å². The fourth-order valence-electron chi connectivity index (χ4n) is 1.48. The summed E-state index contributed by atoms with van der Waals surface area (Å²) in [5, 5.41) is 3.47. The smallest absolute Gasteiger partial charge is 0.227 e. The Labute approximate surface area is 115 Å². The second-order valence-electron chi connectivity index (χ2n) is 3.65. The maximum atomic E-state index is 6.02. The molecule has 0 aliphatic heterocycles. The molecule has 19 heavy (non-hydrogen) atoms. The molecule has 0 unspecified atom stereocenters. The molecule has 0 aliphatic carbocycles. The van der Waals surface area contributed by atoms with Crippen LogP contribution in [0.25, 0.3) is 0 Å². The van der Waals surface area contributed by atoms with Crippen molar-refractivity contribution in [2.24, 2.45) is 0 Å². The van der Waals surface area contributed by atoms with Crippen molar-refractivity contribution in [3.8, 4) is 11.5 Å². The van der Waals surface area contributed by atoms with E-state index in [0.717, 1.165) is 0 Å². The van der Waals surface area contributed by atoms with E-state index >= 15 is 0 Å². The van der Waals surface area contributed by atoms with Gasteiger partial charge in [0.2, 0.25) is 5.95 Å². The number of benzene rings is 1. The minimum atomic E-state index is 0.400. The van der Waals surface area contributed by atoms with Crippen LogP contribution in [0.15, 0.2) is 24.5 Å². The number of hydrogen-bond donors (Lipinski definition) is 2. The first-order valence-corrected chi connectivity index (χ1v) is 5.78. The summed E-state index contributed by atoms with van der Waals surface area (Å²) < 4.78 is 10.4. The molecule has 0 aliphatic rings. The Morgan fingerprint density at radius 2 is 1.74 bits per heavy atom. The zero-order chi connectivity index (χ0) is 13.8. The number of ether oxygens (including phenoxy) is 2. The molecular weight excluding hydrogens is 268 g/mol. The normalized spacial score (nSPS) is 10.1. The van der Waals surface area contributed by atoms with Gasteiger partial charge in [0.25, 0.3) is 0 Å². The van der Waals surface area contributed by atoms with Gasteiger partial charge in [0, 0.05) is 12.1 Å². The van der Waals surface area contributed by atoms with E-state index in [2.05, 4.69) is 15.3 Å². The van der Waals surface area contributed by atoms with Crippen molar-refractivity contribution in [3.63, 3.8) is 0 Å². The Balaban J connectivity index is 2.35. The summed E-state index contributed by atoms with van der Waals surface area (Å²) in [5.74, 6) is 1.49. The largest absolute Gasteiger partial charge is 0.495 e. The summed E-state index contributed by atoms with van der Waals surface area (Å²) in [7, 11) is 3.09. The number of nitrogen functional groups attached to an aromatic ring is 1. The van der Waals surface area contributed by atoms with Crippen molar-refractivity contribution >= 4 is 28.9 Å². The van der Waals surface area contributed by atoms with E-state index in [-0.39, 0.29) is 0 Å². The second-order valence-corrected chi connectivity index (χ2v) is 4.06. The molecule has 7 heteroatoms. The van der Waals surface area contributed by atoms with Gasteiger partial charge in [-0.1, -0.05) is 11.6 Å². The lowest BCUT2D eigenvalue weighted by Crippen LogP contribution is -2.00. The number of nitrogens with one attached hydrogen (secondary N) is 1. The molecule has 100 valence electrons. The van der Waals surface area contributed by atoms with Crippen LogP contribution in [-0.2, 0) is 0 Å². The van der Waals surface area contributed by atoms with Crippen molar-refractivity contribution in [2.75, 3.05) is 25.3 Å². The number of nitrogens with two attached hydrogens (primary N) is 1. The van der Waals surface area contributed by atoms with Gasteiger partial charge in [0.15, 0.2) is 0 Å². The van der Waals surface area contributed by atoms with Gasteiger partial charge in [-0.15, -0.1) is 0 Å². The summed E-state index contributed by atoms with van der Waals surface area (Å²) in [6, 6.07) is 3.36. The summed E-state index contributed by atoms with van der Waals surface area (Å²) in [4.78, 5) is 8.10. The van der Waals surface area contributed by atoms with Gasteiger partial charge < -0.3 is 20.5 Å². The van der Waals surface area contributed by atoms with Crippen LogP contribution in [0.5, 0.6) is 11.5 Å². The van der Waals surface area contributed by atoms with Crippen molar-refractivity contribution in [3.05, 3.63) is 29.5 Å². The number of hydrogen-bond acceptors (Lipinski definition) is 6. The van der Waals surface area contributed by atoms with Crippen molar-refractivity contribution < 1.29 is 9.47 Å². The maximum Gasteiger partial charge on any atom is 0.227 e. The molecule has 0 spiro atoms. The van der Waals surface area contributed by atoms with Crippen molar-refractivity contribution in [1.82, 2.24) is 9.97 Å². The van der Waals surface area contributed by atoms with Gasteiger partial charge >= 0.3 is 0 Å². The third-order valence-corrected chi connectivity index (χ3v) is 2.69. The van der Waals surface area contributed by atoms with E-state index in [0.29, 0.717) is 33.8 Å². The SMILES string of the molecule is COc1cc(Nc2ncc(N)cn2)c(OC)cc1Cl.